The number of carbonyl (C=O) groups excluding carboxylic acids is 3. The number of halogens is 6. The minimum atomic E-state index is -1.54. The fraction of sp³-hybridized carbons (Fsp3) is 0.0690. The molecule has 214 valence electrons. The third kappa shape index (κ3) is 4.72. The zero-order chi connectivity index (χ0) is 30.6. The lowest BCUT2D eigenvalue weighted by molar-refractivity contribution is 0.0967. The fourth-order valence-electron chi connectivity index (χ4n) is 4.46. The number of Topliss-reactive ketones (excluding diaryl/α,β-unsaturated/α-hetero) is 1. The molecular weight excluding hydrogens is 638 g/mol. The summed E-state index contributed by atoms with van der Waals surface area (Å²) in [5.41, 5.74) is -4.39. The lowest BCUT2D eigenvalue weighted by Gasteiger charge is -2.24. The Bertz CT molecular complexity index is 1840. The fourth-order valence-corrected chi connectivity index (χ4v) is 5.51. The number of phenolic OH excluding ortho intramolecular Hbond substituents is 2. The van der Waals surface area contributed by atoms with E-state index in [-0.39, 0.29) is 43.5 Å². The highest BCUT2D eigenvalue weighted by Gasteiger charge is 2.42. The molecule has 0 atom stereocenters. The number of benzene rings is 4. The molecule has 5 rings (SSSR count). The van der Waals surface area contributed by atoms with Crippen LogP contribution in [0.4, 0.5) is 20.2 Å². The topological polar surface area (TPSA) is 113 Å². The highest BCUT2D eigenvalue weighted by atomic mass is 35.5. The maximum absolute atomic E-state index is 16.4. The van der Waals surface area contributed by atoms with Crippen molar-refractivity contribution in [3.05, 3.63) is 102 Å². The second kappa shape index (κ2) is 11.1. The van der Waals surface area contributed by atoms with Crippen molar-refractivity contribution >= 4 is 75.1 Å². The van der Waals surface area contributed by atoms with Gasteiger partial charge in [0, 0.05) is 12.0 Å². The van der Waals surface area contributed by atoms with Crippen LogP contribution in [0.2, 0.25) is 20.1 Å². The number of phenols is 2. The Morgan fingerprint density at radius 1 is 0.762 bits per heavy atom. The van der Waals surface area contributed by atoms with Crippen LogP contribution in [0.5, 0.6) is 23.0 Å². The van der Waals surface area contributed by atoms with Crippen molar-refractivity contribution in [1.82, 2.24) is 0 Å². The van der Waals surface area contributed by atoms with Crippen LogP contribution in [0.3, 0.4) is 0 Å². The number of hydrogen-bond acceptors (Lipinski definition) is 7. The lowest BCUT2D eigenvalue weighted by Crippen LogP contribution is -2.25. The predicted octanol–water partition coefficient (Wildman–Crippen LogP) is 8.89. The van der Waals surface area contributed by atoms with Crippen molar-refractivity contribution < 1.29 is 38.1 Å². The third-order valence-electron chi connectivity index (χ3n) is 6.46. The van der Waals surface area contributed by atoms with E-state index in [0.29, 0.717) is 0 Å². The van der Waals surface area contributed by atoms with Crippen molar-refractivity contribution in [3.8, 4) is 23.0 Å². The molecule has 0 fully saturated rings. The molecule has 7 nitrogen and oxygen atoms in total. The summed E-state index contributed by atoms with van der Waals surface area (Å²) in [6.07, 6.45) is 0.129. The van der Waals surface area contributed by atoms with Crippen LogP contribution >= 0.6 is 46.4 Å². The van der Waals surface area contributed by atoms with E-state index in [4.69, 9.17) is 51.1 Å². The van der Waals surface area contributed by atoms with Crippen LogP contribution in [0.1, 0.15) is 55.5 Å². The van der Waals surface area contributed by atoms with Crippen molar-refractivity contribution in [2.45, 2.75) is 13.3 Å². The highest BCUT2D eigenvalue weighted by molar-refractivity contribution is 6.39. The second-order valence-corrected chi connectivity index (χ2v) is 10.6. The number of rotatable bonds is 6. The quantitative estimate of drug-likeness (QED) is 0.124. The molecule has 0 heterocycles. The van der Waals surface area contributed by atoms with Gasteiger partial charge in [-0.2, -0.15) is 0 Å². The average molecular weight is 653 g/mol. The highest BCUT2D eigenvalue weighted by Crippen LogP contribution is 2.49. The molecule has 0 unspecified atom stereocenters. The van der Waals surface area contributed by atoms with Gasteiger partial charge in [0.1, 0.15) is 17.2 Å². The van der Waals surface area contributed by atoms with E-state index >= 15 is 8.78 Å². The van der Waals surface area contributed by atoms with Crippen LogP contribution in [-0.4, -0.2) is 27.6 Å². The first-order valence-corrected chi connectivity index (χ1v) is 13.5. The van der Waals surface area contributed by atoms with Crippen molar-refractivity contribution in [3.63, 3.8) is 0 Å². The molecular formula is C29H15Cl4F2NO6. The van der Waals surface area contributed by atoms with Gasteiger partial charge in [0.25, 0.3) is 0 Å². The minimum absolute atomic E-state index is 0.0280. The number of ether oxygens (including phenoxy) is 1. The molecule has 1 aliphatic rings. The Balaban J connectivity index is 1.80. The molecule has 0 amide bonds. The van der Waals surface area contributed by atoms with Crippen LogP contribution in [0.15, 0.2) is 42.5 Å². The molecule has 13 heteroatoms. The van der Waals surface area contributed by atoms with Gasteiger partial charge in [-0.05, 0) is 36.4 Å². The zero-order valence-electron chi connectivity index (χ0n) is 21.0. The Hall–Kier alpha value is -3.89. The summed E-state index contributed by atoms with van der Waals surface area (Å²) in [5, 5.41) is 22.6. The smallest absolute Gasteiger partial charge is 0.201 e. The first-order valence-electron chi connectivity index (χ1n) is 12.0. The van der Waals surface area contributed by atoms with Gasteiger partial charge in [-0.3, -0.25) is 14.4 Å². The van der Waals surface area contributed by atoms with Crippen LogP contribution in [-0.2, 0) is 0 Å². The van der Waals surface area contributed by atoms with E-state index in [9.17, 15) is 24.6 Å². The van der Waals surface area contributed by atoms with E-state index in [2.05, 4.69) is 5.32 Å². The molecule has 0 aromatic heterocycles. The lowest BCUT2D eigenvalue weighted by atomic mass is 9.82. The molecule has 0 aliphatic heterocycles. The summed E-state index contributed by atoms with van der Waals surface area (Å²) >= 11 is 25.1. The van der Waals surface area contributed by atoms with E-state index in [1.165, 1.54) is 30.3 Å². The zero-order valence-corrected chi connectivity index (χ0v) is 24.1. The number of ketones is 3. The van der Waals surface area contributed by atoms with E-state index in [1.54, 1.807) is 6.92 Å². The average Bonchev–Trinajstić information content (AvgIpc) is 2.94. The van der Waals surface area contributed by atoms with E-state index in [1.807, 2.05) is 0 Å². The molecule has 0 bridgehead atoms. The molecule has 4 aromatic rings. The number of aromatic hydroxyl groups is 2. The van der Waals surface area contributed by atoms with Crippen molar-refractivity contribution in [1.29, 1.82) is 0 Å². The standard InChI is InChI=1S/C29H15Cl4F2NO6/c1-2-15(37)10-8-13(32)28(14(33)9-10)42-29-23(35)21-20(22(34)25(29)36-24-11(30)4-3-5-12(24)31)26(40)18-16(38)6-7-17(39)19(18)27(21)41/h3-9,36,38-39H,2H2,1H3. The third-order valence-corrected chi connectivity index (χ3v) is 7.65. The SMILES string of the molecule is CCC(=O)c1cc(Cl)c(Oc2c(F)c3c(c(F)c2Nc2c(Cl)cccc2Cl)C(=O)c2c(O)ccc(O)c2C3=O)c(Cl)c1. The summed E-state index contributed by atoms with van der Waals surface area (Å²) < 4.78 is 38.5. The first kappa shape index (κ1) is 29.6. The van der Waals surface area contributed by atoms with Gasteiger partial charge in [-0.15, -0.1) is 0 Å². The monoisotopic (exact) mass is 651 g/mol. The maximum Gasteiger partial charge on any atom is 0.201 e. The number of nitrogens with one attached hydrogen (secondary N) is 1. The van der Waals surface area contributed by atoms with Crippen molar-refractivity contribution in [2.24, 2.45) is 0 Å². The summed E-state index contributed by atoms with van der Waals surface area (Å²) in [6.45, 7) is 1.62. The predicted molar refractivity (Wildman–Crippen MR) is 154 cm³/mol. The van der Waals surface area contributed by atoms with E-state index in [0.717, 1.165) is 12.1 Å². The Kier molecular flexibility index (Phi) is 7.80. The molecule has 42 heavy (non-hydrogen) atoms. The normalized spacial score (nSPS) is 12.2. The van der Waals surface area contributed by atoms with Gasteiger partial charge in [-0.25, -0.2) is 8.78 Å². The minimum Gasteiger partial charge on any atom is -0.507 e. The first-order chi connectivity index (χ1) is 19.9. The number of anilines is 2. The molecule has 0 saturated carbocycles. The molecule has 3 N–H and O–H groups in total. The molecule has 0 saturated heterocycles. The van der Waals surface area contributed by atoms with Gasteiger partial charge in [0.15, 0.2) is 28.9 Å². The molecule has 1 aliphatic carbocycles. The Morgan fingerprint density at radius 2 is 1.26 bits per heavy atom. The van der Waals surface area contributed by atoms with Crippen LogP contribution < -0.4 is 10.1 Å². The summed E-state index contributed by atoms with van der Waals surface area (Å²) in [5.74, 6) is -8.80. The van der Waals surface area contributed by atoms with Crippen molar-refractivity contribution in [2.75, 3.05) is 5.32 Å². The van der Waals surface area contributed by atoms with Gasteiger partial charge in [0.2, 0.25) is 11.6 Å². The summed E-state index contributed by atoms with van der Waals surface area (Å²) in [6, 6.07) is 8.55. The number of carbonyl (C=O) groups is 3. The molecule has 4 aromatic carbocycles. The summed E-state index contributed by atoms with van der Waals surface area (Å²) in [7, 11) is 0. The largest absolute Gasteiger partial charge is 0.507 e. The Labute approximate surface area is 256 Å². The molecule has 0 spiro atoms. The van der Waals surface area contributed by atoms with Gasteiger partial charge in [-0.1, -0.05) is 59.4 Å². The van der Waals surface area contributed by atoms with Gasteiger partial charge >= 0.3 is 0 Å². The van der Waals surface area contributed by atoms with Crippen LogP contribution in [0.25, 0.3) is 0 Å². The number of hydrogen-bond donors (Lipinski definition) is 3. The molecule has 0 radical (unpaired) electrons. The second-order valence-electron chi connectivity index (χ2n) is 8.96. The Morgan fingerprint density at radius 3 is 1.76 bits per heavy atom. The van der Waals surface area contributed by atoms with Gasteiger partial charge < -0.3 is 20.3 Å². The van der Waals surface area contributed by atoms with Crippen LogP contribution in [0, 0.1) is 11.6 Å². The maximum atomic E-state index is 16.4. The van der Waals surface area contributed by atoms with E-state index < -0.39 is 74.1 Å². The number of fused-ring (bicyclic) bond motifs is 2. The van der Waals surface area contributed by atoms with Gasteiger partial charge in [0.05, 0.1) is 48.0 Å². The number of para-hydroxylation sites is 1. The summed E-state index contributed by atoms with van der Waals surface area (Å²) in [4.78, 5) is 39.0.